The van der Waals surface area contributed by atoms with E-state index in [2.05, 4.69) is 4.90 Å². The Morgan fingerprint density at radius 2 is 2.17 bits per heavy atom. The van der Waals surface area contributed by atoms with Gasteiger partial charge in [-0.05, 0) is 18.2 Å². The highest BCUT2D eigenvalue weighted by Crippen LogP contribution is 2.18. The second-order valence-corrected chi connectivity index (χ2v) is 4.16. The predicted molar refractivity (Wildman–Crippen MR) is 68.3 cm³/mol. The number of benzene rings is 1. The van der Waals surface area contributed by atoms with Gasteiger partial charge in [0, 0.05) is 25.3 Å². The van der Waals surface area contributed by atoms with Crippen molar-refractivity contribution >= 4 is 5.69 Å². The summed E-state index contributed by atoms with van der Waals surface area (Å²) in [5.41, 5.74) is 6.59. The smallest absolute Gasteiger partial charge is 0.120 e. The predicted octanol–water partition coefficient (Wildman–Crippen LogP) is 0.851. The average molecular weight is 247 g/mol. The lowest BCUT2D eigenvalue weighted by molar-refractivity contribution is 0.0322. The molecule has 1 heterocycles. The summed E-state index contributed by atoms with van der Waals surface area (Å²) in [5, 5.41) is 8.86. The van der Waals surface area contributed by atoms with E-state index in [1.54, 1.807) is 18.2 Å². The van der Waals surface area contributed by atoms with E-state index in [9.17, 15) is 0 Å². The number of rotatable bonds is 4. The van der Waals surface area contributed by atoms with E-state index in [1.165, 1.54) is 0 Å². The van der Waals surface area contributed by atoms with Gasteiger partial charge in [-0.1, -0.05) is 0 Å². The number of hydrogen-bond donors (Lipinski definition) is 1. The molecular weight excluding hydrogens is 230 g/mol. The van der Waals surface area contributed by atoms with Crippen LogP contribution < -0.4 is 10.5 Å². The Balaban J connectivity index is 1.81. The molecule has 0 saturated carbocycles. The highest BCUT2D eigenvalue weighted by atomic mass is 16.5. The van der Waals surface area contributed by atoms with Gasteiger partial charge in [0.15, 0.2) is 0 Å². The molecule has 1 aliphatic rings. The molecule has 1 saturated heterocycles. The molecule has 0 amide bonds. The molecule has 0 bridgehead atoms. The van der Waals surface area contributed by atoms with Crippen LogP contribution in [-0.2, 0) is 4.74 Å². The Labute approximate surface area is 107 Å². The minimum absolute atomic E-state index is 0.457. The van der Waals surface area contributed by atoms with Crippen molar-refractivity contribution in [2.45, 2.75) is 0 Å². The van der Waals surface area contributed by atoms with Crippen molar-refractivity contribution in [1.29, 1.82) is 5.26 Å². The molecule has 18 heavy (non-hydrogen) atoms. The zero-order valence-corrected chi connectivity index (χ0v) is 10.3. The van der Waals surface area contributed by atoms with E-state index in [-0.39, 0.29) is 0 Å². The van der Waals surface area contributed by atoms with Crippen LogP contribution in [-0.4, -0.2) is 44.4 Å². The third-order valence-corrected chi connectivity index (χ3v) is 2.93. The highest BCUT2D eigenvalue weighted by Gasteiger charge is 2.09. The van der Waals surface area contributed by atoms with Crippen LogP contribution in [0.5, 0.6) is 5.75 Å². The van der Waals surface area contributed by atoms with Gasteiger partial charge in [0.25, 0.3) is 0 Å². The molecule has 5 nitrogen and oxygen atoms in total. The van der Waals surface area contributed by atoms with Crippen LogP contribution in [0.15, 0.2) is 18.2 Å². The fourth-order valence-corrected chi connectivity index (χ4v) is 1.84. The number of ether oxygens (including phenoxy) is 2. The van der Waals surface area contributed by atoms with Crippen LogP contribution in [0.3, 0.4) is 0 Å². The molecule has 1 fully saturated rings. The first kappa shape index (κ1) is 12.7. The number of nitrogens with two attached hydrogens (primary N) is 1. The standard InChI is InChI=1S/C13H17N3O2/c14-10-11-9-12(1-2-13(11)15)18-8-5-16-3-6-17-7-4-16/h1-2,9H,3-8,15H2. The Kier molecular flexibility index (Phi) is 4.40. The lowest BCUT2D eigenvalue weighted by Crippen LogP contribution is -2.38. The topological polar surface area (TPSA) is 71.5 Å². The summed E-state index contributed by atoms with van der Waals surface area (Å²) < 4.78 is 10.9. The monoisotopic (exact) mass is 247 g/mol. The van der Waals surface area contributed by atoms with E-state index in [0.717, 1.165) is 32.8 Å². The molecular formula is C13H17N3O2. The van der Waals surface area contributed by atoms with E-state index in [4.69, 9.17) is 20.5 Å². The van der Waals surface area contributed by atoms with Crippen LogP contribution in [0, 0.1) is 11.3 Å². The molecule has 2 rings (SSSR count). The second-order valence-electron chi connectivity index (χ2n) is 4.16. The normalized spacial score (nSPS) is 16.2. The van der Waals surface area contributed by atoms with Gasteiger partial charge in [0.2, 0.25) is 0 Å². The first-order valence-corrected chi connectivity index (χ1v) is 6.02. The number of nitriles is 1. The number of nitrogen functional groups attached to an aromatic ring is 1. The molecule has 0 unspecified atom stereocenters. The van der Waals surface area contributed by atoms with Crippen molar-refractivity contribution < 1.29 is 9.47 Å². The fraction of sp³-hybridized carbons (Fsp3) is 0.462. The maximum Gasteiger partial charge on any atom is 0.120 e. The Morgan fingerprint density at radius 3 is 2.89 bits per heavy atom. The molecule has 1 aromatic rings. The van der Waals surface area contributed by atoms with Gasteiger partial charge in [-0.3, -0.25) is 4.90 Å². The summed E-state index contributed by atoms with van der Waals surface area (Å²) in [6.07, 6.45) is 0. The van der Waals surface area contributed by atoms with Gasteiger partial charge in [0.05, 0.1) is 18.8 Å². The largest absolute Gasteiger partial charge is 0.492 e. The SMILES string of the molecule is N#Cc1cc(OCCN2CCOCC2)ccc1N. The molecule has 5 heteroatoms. The van der Waals surface area contributed by atoms with Crippen LogP contribution in [0.2, 0.25) is 0 Å². The quantitative estimate of drug-likeness (QED) is 0.799. The maximum atomic E-state index is 8.86. The van der Waals surface area contributed by atoms with Crippen LogP contribution in [0.1, 0.15) is 5.56 Å². The average Bonchev–Trinajstić information content (AvgIpc) is 2.42. The third-order valence-electron chi connectivity index (χ3n) is 2.93. The molecule has 1 aliphatic heterocycles. The van der Waals surface area contributed by atoms with Crippen molar-refractivity contribution in [2.75, 3.05) is 45.2 Å². The summed E-state index contributed by atoms with van der Waals surface area (Å²) in [5.74, 6) is 0.689. The fourth-order valence-electron chi connectivity index (χ4n) is 1.84. The minimum atomic E-state index is 0.457. The first-order valence-electron chi connectivity index (χ1n) is 6.02. The van der Waals surface area contributed by atoms with Crippen molar-refractivity contribution in [3.05, 3.63) is 23.8 Å². The number of nitrogens with zero attached hydrogens (tertiary/aromatic N) is 2. The molecule has 0 atom stereocenters. The Morgan fingerprint density at radius 1 is 1.39 bits per heavy atom. The van der Waals surface area contributed by atoms with E-state index >= 15 is 0 Å². The highest BCUT2D eigenvalue weighted by molar-refractivity contribution is 5.56. The zero-order chi connectivity index (χ0) is 12.8. The van der Waals surface area contributed by atoms with Crippen molar-refractivity contribution in [1.82, 2.24) is 4.90 Å². The van der Waals surface area contributed by atoms with Crippen molar-refractivity contribution in [3.63, 3.8) is 0 Å². The van der Waals surface area contributed by atoms with Gasteiger partial charge in [-0.15, -0.1) is 0 Å². The molecule has 2 N–H and O–H groups in total. The molecule has 0 radical (unpaired) electrons. The van der Waals surface area contributed by atoms with Crippen LogP contribution in [0.25, 0.3) is 0 Å². The molecule has 0 aromatic heterocycles. The van der Waals surface area contributed by atoms with Crippen LogP contribution in [0.4, 0.5) is 5.69 Å². The summed E-state index contributed by atoms with van der Waals surface area (Å²) in [7, 11) is 0. The molecule has 1 aromatic carbocycles. The molecule has 96 valence electrons. The third kappa shape index (κ3) is 3.36. The lowest BCUT2D eigenvalue weighted by atomic mass is 10.2. The van der Waals surface area contributed by atoms with Gasteiger partial charge >= 0.3 is 0 Å². The Bertz CT molecular complexity index is 436. The number of anilines is 1. The van der Waals surface area contributed by atoms with Gasteiger partial charge in [0.1, 0.15) is 18.4 Å². The first-order chi connectivity index (χ1) is 8.79. The van der Waals surface area contributed by atoms with Gasteiger partial charge in [-0.2, -0.15) is 5.26 Å². The zero-order valence-electron chi connectivity index (χ0n) is 10.3. The summed E-state index contributed by atoms with van der Waals surface area (Å²) in [4.78, 5) is 2.30. The Hall–Kier alpha value is -1.77. The second kappa shape index (κ2) is 6.24. The van der Waals surface area contributed by atoms with E-state index < -0.39 is 0 Å². The molecule has 0 aliphatic carbocycles. The summed E-state index contributed by atoms with van der Waals surface area (Å²) in [6.45, 7) is 4.97. The van der Waals surface area contributed by atoms with Crippen molar-refractivity contribution in [2.24, 2.45) is 0 Å². The summed E-state index contributed by atoms with van der Waals surface area (Å²) in [6, 6.07) is 7.20. The van der Waals surface area contributed by atoms with Crippen molar-refractivity contribution in [3.8, 4) is 11.8 Å². The minimum Gasteiger partial charge on any atom is -0.492 e. The van der Waals surface area contributed by atoms with Crippen LogP contribution >= 0.6 is 0 Å². The number of morpholine rings is 1. The van der Waals surface area contributed by atoms with E-state index in [1.807, 2.05) is 6.07 Å². The lowest BCUT2D eigenvalue weighted by Gasteiger charge is -2.26. The van der Waals surface area contributed by atoms with E-state index in [0.29, 0.717) is 23.6 Å². The van der Waals surface area contributed by atoms with Gasteiger partial charge < -0.3 is 15.2 Å². The summed E-state index contributed by atoms with van der Waals surface area (Å²) >= 11 is 0. The van der Waals surface area contributed by atoms with Gasteiger partial charge in [-0.25, -0.2) is 0 Å². The molecule has 0 spiro atoms. The number of hydrogen-bond acceptors (Lipinski definition) is 5. The maximum absolute atomic E-state index is 8.86.